The highest BCUT2D eigenvalue weighted by atomic mass is 35.5. The monoisotopic (exact) mass is 233 g/mol. The van der Waals surface area contributed by atoms with Crippen LogP contribution >= 0.6 is 12.4 Å². The Balaban J connectivity index is 0.00000128. The fraction of sp³-hybridized carbons (Fsp3) is 0.143. The zero-order valence-electron chi connectivity index (χ0n) is 9.31. The van der Waals surface area contributed by atoms with Crippen molar-refractivity contribution < 1.29 is 0 Å². The van der Waals surface area contributed by atoms with E-state index in [2.05, 4.69) is 55.5 Å². The molecule has 0 aliphatic heterocycles. The number of hydrogen-bond donors (Lipinski definition) is 1. The van der Waals surface area contributed by atoms with E-state index >= 15 is 0 Å². The Morgan fingerprint density at radius 3 is 2.25 bits per heavy atom. The van der Waals surface area contributed by atoms with E-state index < -0.39 is 0 Å². The maximum Gasteiger partial charge on any atom is 0.0178 e. The first kappa shape index (κ1) is 12.8. The Kier molecular flexibility index (Phi) is 4.53. The van der Waals surface area contributed by atoms with Crippen LogP contribution in [0, 0.1) is 6.92 Å². The van der Waals surface area contributed by atoms with Crippen molar-refractivity contribution in [1.82, 2.24) is 0 Å². The van der Waals surface area contributed by atoms with Gasteiger partial charge in [-0.3, -0.25) is 0 Å². The molecule has 0 unspecified atom stereocenters. The average molecular weight is 234 g/mol. The van der Waals surface area contributed by atoms with Crippen LogP contribution in [-0.2, 0) is 6.54 Å². The maximum atomic E-state index is 5.62. The molecule has 2 heteroatoms. The highest BCUT2D eigenvalue weighted by Gasteiger charge is 1.97. The van der Waals surface area contributed by atoms with Crippen molar-refractivity contribution in [2.24, 2.45) is 5.73 Å². The van der Waals surface area contributed by atoms with E-state index in [0.717, 1.165) is 0 Å². The van der Waals surface area contributed by atoms with Gasteiger partial charge in [0, 0.05) is 6.54 Å². The van der Waals surface area contributed by atoms with Crippen molar-refractivity contribution in [3.05, 3.63) is 59.7 Å². The van der Waals surface area contributed by atoms with Gasteiger partial charge in [-0.15, -0.1) is 12.4 Å². The van der Waals surface area contributed by atoms with E-state index in [9.17, 15) is 0 Å². The van der Waals surface area contributed by atoms with Crippen molar-refractivity contribution >= 4 is 12.4 Å². The zero-order valence-corrected chi connectivity index (χ0v) is 10.1. The van der Waals surface area contributed by atoms with Crippen molar-refractivity contribution in [3.63, 3.8) is 0 Å². The summed E-state index contributed by atoms with van der Waals surface area (Å²) in [6, 6.07) is 16.9. The summed E-state index contributed by atoms with van der Waals surface area (Å²) >= 11 is 0. The quantitative estimate of drug-likeness (QED) is 0.844. The van der Waals surface area contributed by atoms with Crippen LogP contribution in [0.1, 0.15) is 11.1 Å². The smallest absolute Gasteiger partial charge is 0.0178 e. The molecule has 0 heterocycles. The first-order valence-electron chi connectivity index (χ1n) is 5.15. The van der Waals surface area contributed by atoms with Crippen molar-refractivity contribution in [1.29, 1.82) is 0 Å². The summed E-state index contributed by atoms with van der Waals surface area (Å²) in [6.45, 7) is 2.69. The molecule has 0 aliphatic rings. The standard InChI is InChI=1S/C14H15N.ClH/c1-11-5-7-13(8-6-11)14-4-2-3-12(9-14)10-15;/h2-9H,10,15H2,1H3;1H. The third-order valence-electron chi connectivity index (χ3n) is 2.55. The second-order valence-corrected chi connectivity index (χ2v) is 3.77. The number of rotatable bonds is 2. The zero-order chi connectivity index (χ0) is 10.7. The normalized spacial score (nSPS) is 9.62. The van der Waals surface area contributed by atoms with Gasteiger partial charge < -0.3 is 5.73 Å². The average Bonchev–Trinajstić information content (AvgIpc) is 2.30. The van der Waals surface area contributed by atoms with Gasteiger partial charge in [0.1, 0.15) is 0 Å². The highest BCUT2D eigenvalue weighted by Crippen LogP contribution is 2.20. The molecule has 0 spiro atoms. The lowest BCUT2D eigenvalue weighted by atomic mass is 10.0. The molecule has 2 aromatic carbocycles. The van der Waals surface area contributed by atoms with Gasteiger partial charge >= 0.3 is 0 Å². The Labute approximate surface area is 103 Å². The summed E-state index contributed by atoms with van der Waals surface area (Å²) in [7, 11) is 0. The van der Waals surface area contributed by atoms with Crippen LogP contribution in [0.3, 0.4) is 0 Å². The van der Waals surface area contributed by atoms with Crippen LogP contribution in [0.15, 0.2) is 48.5 Å². The van der Waals surface area contributed by atoms with Gasteiger partial charge in [-0.2, -0.15) is 0 Å². The van der Waals surface area contributed by atoms with Crippen LogP contribution in [-0.4, -0.2) is 0 Å². The molecule has 0 atom stereocenters. The summed E-state index contributed by atoms with van der Waals surface area (Å²) in [4.78, 5) is 0. The van der Waals surface area contributed by atoms with Gasteiger partial charge in [0.05, 0.1) is 0 Å². The molecule has 0 bridgehead atoms. The Bertz CT molecular complexity index is 449. The first-order valence-corrected chi connectivity index (χ1v) is 5.15. The molecule has 2 rings (SSSR count). The molecule has 0 fully saturated rings. The van der Waals surface area contributed by atoms with Gasteiger partial charge in [0.25, 0.3) is 0 Å². The second kappa shape index (κ2) is 5.69. The van der Waals surface area contributed by atoms with E-state index in [-0.39, 0.29) is 12.4 Å². The molecule has 0 saturated heterocycles. The molecule has 0 radical (unpaired) electrons. The van der Waals surface area contributed by atoms with E-state index in [1.165, 1.54) is 22.3 Å². The third kappa shape index (κ3) is 2.84. The number of halogens is 1. The van der Waals surface area contributed by atoms with E-state index in [4.69, 9.17) is 5.73 Å². The van der Waals surface area contributed by atoms with E-state index in [1.54, 1.807) is 0 Å². The predicted octanol–water partition coefficient (Wildman–Crippen LogP) is 3.54. The van der Waals surface area contributed by atoms with Crippen molar-refractivity contribution in [3.8, 4) is 11.1 Å². The fourth-order valence-corrected chi connectivity index (χ4v) is 1.62. The number of benzene rings is 2. The van der Waals surface area contributed by atoms with Crippen molar-refractivity contribution in [2.75, 3.05) is 0 Å². The predicted molar refractivity (Wildman–Crippen MR) is 71.8 cm³/mol. The molecule has 0 amide bonds. The first-order chi connectivity index (χ1) is 7.29. The van der Waals surface area contributed by atoms with Gasteiger partial charge in [-0.1, -0.05) is 48.0 Å². The lowest BCUT2D eigenvalue weighted by Gasteiger charge is -2.04. The lowest BCUT2D eigenvalue weighted by Crippen LogP contribution is -1.95. The van der Waals surface area contributed by atoms with E-state index in [1.807, 2.05) is 0 Å². The second-order valence-electron chi connectivity index (χ2n) is 3.77. The van der Waals surface area contributed by atoms with Crippen LogP contribution in [0.5, 0.6) is 0 Å². The molecule has 0 aliphatic carbocycles. The molecule has 84 valence electrons. The van der Waals surface area contributed by atoms with Gasteiger partial charge in [0.2, 0.25) is 0 Å². The lowest BCUT2D eigenvalue weighted by molar-refractivity contribution is 1.07. The maximum absolute atomic E-state index is 5.62. The Hall–Kier alpha value is -1.31. The largest absolute Gasteiger partial charge is 0.326 e. The molecular weight excluding hydrogens is 218 g/mol. The summed E-state index contributed by atoms with van der Waals surface area (Å²) in [5, 5.41) is 0. The van der Waals surface area contributed by atoms with Gasteiger partial charge in [-0.05, 0) is 29.7 Å². The van der Waals surface area contributed by atoms with Crippen LogP contribution in [0.2, 0.25) is 0 Å². The minimum Gasteiger partial charge on any atom is -0.326 e. The molecule has 2 N–H and O–H groups in total. The van der Waals surface area contributed by atoms with Gasteiger partial charge in [0.15, 0.2) is 0 Å². The molecule has 16 heavy (non-hydrogen) atoms. The number of aryl methyl sites for hydroxylation is 1. The number of hydrogen-bond acceptors (Lipinski definition) is 1. The molecular formula is C14H16ClN. The summed E-state index contributed by atoms with van der Waals surface area (Å²) in [5.41, 5.74) is 10.6. The van der Waals surface area contributed by atoms with Crippen molar-refractivity contribution in [2.45, 2.75) is 13.5 Å². The minimum absolute atomic E-state index is 0. The summed E-state index contributed by atoms with van der Waals surface area (Å²) < 4.78 is 0. The highest BCUT2D eigenvalue weighted by molar-refractivity contribution is 5.85. The van der Waals surface area contributed by atoms with E-state index in [0.29, 0.717) is 6.54 Å². The molecule has 0 saturated carbocycles. The SMILES string of the molecule is Cc1ccc(-c2cccc(CN)c2)cc1.Cl. The Morgan fingerprint density at radius 2 is 1.62 bits per heavy atom. The minimum atomic E-state index is 0. The van der Waals surface area contributed by atoms with Crippen LogP contribution in [0.4, 0.5) is 0 Å². The topological polar surface area (TPSA) is 26.0 Å². The molecule has 1 nitrogen and oxygen atoms in total. The van der Waals surface area contributed by atoms with Crippen LogP contribution < -0.4 is 5.73 Å². The Morgan fingerprint density at radius 1 is 0.938 bits per heavy atom. The number of nitrogens with two attached hydrogens (primary N) is 1. The third-order valence-corrected chi connectivity index (χ3v) is 2.55. The molecule has 2 aromatic rings. The summed E-state index contributed by atoms with van der Waals surface area (Å²) in [5.74, 6) is 0. The van der Waals surface area contributed by atoms with Gasteiger partial charge in [-0.25, -0.2) is 0 Å². The summed E-state index contributed by atoms with van der Waals surface area (Å²) in [6.07, 6.45) is 0. The fourth-order valence-electron chi connectivity index (χ4n) is 1.62. The molecule has 0 aromatic heterocycles. The van der Waals surface area contributed by atoms with Crippen LogP contribution in [0.25, 0.3) is 11.1 Å².